The highest BCUT2D eigenvalue weighted by molar-refractivity contribution is 6.17. The van der Waals surface area contributed by atoms with Crippen LogP contribution >= 0.6 is 0 Å². The van der Waals surface area contributed by atoms with E-state index in [4.69, 9.17) is 23.4 Å². The molecule has 360 valence electrons. The molecule has 18 nitrogen and oxygen atoms in total. The zero-order valence-electron chi connectivity index (χ0n) is 39.3. The number of hydrogen-bond acceptors (Lipinski definition) is 15. The van der Waals surface area contributed by atoms with Crippen molar-refractivity contribution in [2.45, 2.75) is 139 Å². The third-order valence-corrected chi connectivity index (χ3v) is 15.3. The van der Waals surface area contributed by atoms with Crippen LogP contribution in [-0.4, -0.2) is 147 Å². The summed E-state index contributed by atoms with van der Waals surface area (Å²) in [5, 5.41) is 60.1. The minimum atomic E-state index is -1.34. The van der Waals surface area contributed by atoms with Gasteiger partial charge in [0.2, 0.25) is 0 Å². The Morgan fingerprint density at radius 1 is 0.925 bits per heavy atom. The molecular weight excluding hydrogens is 869 g/mol. The van der Waals surface area contributed by atoms with Gasteiger partial charge in [0, 0.05) is 52.0 Å². The Bertz CT molecular complexity index is 2760. The number of nitrogens with one attached hydrogen (secondary N) is 1. The number of phenolic OH excluding ortho intramolecular Hbond substituents is 1. The molecule has 4 saturated heterocycles. The van der Waals surface area contributed by atoms with E-state index in [0.29, 0.717) is 15.9 Å². The third-order valence-electron chi connectivity index (χ3n) is 15.3. The van der Waals surface area contributed by atoms with E-state index < -0.39 is 88.9 Å². The van der Waals surface area contributed by atoms with Gasteiger partial charge < -0.3 is 64.1 Å². The molecule has 4 aromatic rings. The second-order valence-corrected chi connectivity index (χ2v) is 19.9. The maximum absolute atomic E-state index is 15.7. The second kappa shape index (κ2) is 16.5. The molecule has 6 N–H and O–H groups in total. The smallest absolute Gasteiger partial charge is 0.305 e. The van der Waals surface area contributed by atoms with E-state index in [-0.39, 0.29) is 99.7 Å². The van der Waals surface area contributed by atoms with Crippen LogP contribution in [0.1, 0.15) is 138 Å². The number of aryl methyl sites for hydroxylation is 1. The van der Waals surface area contributed by atoms with E-state index >= 15 is 4.79 Å². The summed E-state index contributed by atoms with van der Waals surface area (Å²) in [6, 6.07) is 7.06. The largest absolute Gasteiger partial charge is 0.507 e. The molecule has 13 atom stereocenters. The molecule has 6 heterocycles. The maximum Gasteiger partial charge on any atom is 0.305 e. The molecule has 0 radical (unpaired) electrons. The molecule has 18 heteroatoms. The summed E-state index contributed by atoms with van der Waals surface area (Å²) in [4.78, 5) is 58.9. The summed E-state index contributed by atoms with van der Waals surface area (Å²) < 4.78 is 32.5. The molecule has 0 saturated carbocycles. The molecule has 0 spiro atoms. The van der Waals surface area contributed by atoms with Crippen molar-refractivity contribution in [1.82, 2.24) is 19.8 Å². The minimum absolute atomic E-state index is 0.00549. The summed E-state index contributed by atoms with van der Waals surface area (Å²) in [6.45, 7) is 10.6. The number of aliphatic hydroxyl groups is 2. The number of fused-ring (bicyclic) bond motifs is 4. The fourth-order valence-electron chi connectivity index (χ4n) is 10.9. The van der Waals surface area contributed by atoms with Crippen molar-refractivity contribution in [2.75, 3.05) is 34.7 Å². The molecule has 1 amide bonds. The Labute approximate surface area is 386 Å². The predicted octanol–water partition coefficient (Wildman–Crippen LogP) is 3.85. The van der Waals surface area contributed by atoms with Gasteiger partial charge in [-0.2, -0.15) is 4.73 Å². The van der Waals surface area contributed by atoms with E-state index in [1.54, 1.807) is 39.8 Å². The average Bonchev–Trinajstić information content (AvgIpc) is 4.13. The lowest BCUT2D eigenvalue weighted by atomic mass is 9.70. The van der Waals surface area contributed by atoms with E-state index in [9.17, 15) is 40.0 Å². The van der Waals surface area contributed by atoms with Crippen molar-refractivity contribution in [3.05, 3.63) is 96.6 Å². The highest BCUT2D eigenvalue weighted by atomic mass is 16.7. The van der Waals surface area contributed by atoms with Gasteiger partial charge >= 0.3 is 5.97 Å². The van der Waals surface area contributed by atoms with E-state index in [1.807, 2.05) is 51.8 Å². The Hall–Kier alpha value is -5.18. The van der Waals surface area contributed by atoms with Crippen molar-refractivity contribution in [3.63, 3.8) is 0 Å². The predicted molar refractivity (Wildman–Crippen MR) is 240 cm³/mol. The van der Waals surface area contributed by atoms with Crippen LogP contribution in [0.2, 0.25) is 0 Å². The van der Waals surface area contributed by atoms with Gasteiger partial charge in [-0.15, -0.1) is 0 Å². The molecule has 1 aliphatic carbocycles. The Balaban J connectivity index is 1.34. The summed E-state index contributed by atoms with van der Waals surface area (Å²) in [6.07, 6.45) is -5.62. The van der Waals surface area contributed by atoms with Crippen molar-refractivity contribution in [2.24, 2.45) is 0 Å². The Kier molecular flexibility index (Phi) is 11.6. The number of carbonyl (C=O) groups excluding carboxylic acids is 2. The molecule has 67 heavy (non-hydrogen) atoms. The van der Waals surface area contributed by atoms with Gasteiger partial charge in [0.05, 0.1) is 66.1 Å². The van der Waals surface area contributed by atoms with Crippen molar-refractivity contribution < 1.29 is 63.4 Å². The van der Waals surface area contributed by atoms with Crippen LogP contribution in [0.15, 0.2) is 39.5 Å². The Morgan fingerprint density at radius 2 is 1.61 bits per heavy atom. The molecule has 0 bridgehead atoms. The molecular formula is C49H60N4O14. The number of phenols is 1. The second-order valence-electron chi connectivity index (χ2n) is 19.9. The zero-order valence-corrected chi connectivity index (χ0v) is 39.3. The van der Waals surface area contributed by atoms with Crippen molar-refractivity contribution in [3.8, 4) is 5.75 Å². The first kappa shape index (κ1) is 46.9. The van der Waals surface area contributed by atoms with E-state index in [2.05, 4.69) is 5.32 Å². The molecule has 4 aliphatic heterocycles. The average molecular weight is 929 g/mol. The number of ketones is 1. The number of epoxide rings is 2. The molecule has 5 unspecified atom stereocenters. The van der Waals surface area contributed by atoms with Crippen LogP contribution in [-0.2, 0) is 29.3 Å². The van der Waals surface area contributed by atoms with E-state index in [0.717, 1.165) is 0 Å². The van der Waals surface area contributed by atoms with Crippen molar-refractivity contribution >= 4 is 28.6 Å². The first-order chi connectivity index (χ1) is 31.5. The van der Waals surface area contributed by atoms with Gasteiger partial charge in [-0.3, -0.25) is 19.2 Å². The quantitative estimate of drug-likeness (QED) is 0.0813. The first-order valence-corrected chi connectivity index (χ1v) is 22.8. The number of aliphatic hydroxyl groups excluding tert-OH is 2. The highest BCUT2D eigenvalue weighted by Gasteiger charge is 2.66. The number of likely N-dealkylation sites (N-methyl/N-ethyl adjacent to an activating group) is 2. The van der Waals surface area contributed by atoms with Gasteiger partial charge in [0.25, 0.3) is 5.91 Å². The van der Waals surface area contributed by atoms with Crippen LogP contribution in [0.5, 0.6) is 5.75 Å². The lowest BCUT2D eigenvalue weighted by Gasteiger charge is -2.49. The van der Waals surface area contributed by atoms with E-state index in [1.165, 1.54) is 18.2 Å². The number of ether oxygens (including phenoxy) is 4. The van der Waals surface area contributed by atoms with Gasteiger partial charge in [-0.1, -0.05) is 0 Å². The van der Waals surface area contributed by atoms with Crippen LogP contribution < -0.4 is 10.7 Å². The third kappa shape index (κ3) is 7.47. The lowest BCUT2D eigenvalue weighted by Crippen LogP contribution is -2.59. The van der Waals surface area contributed by atoms with Gasteiger partial charge in [-0.25, -0.2) is 0 Å². The number of carbonyl (C=O) groups is 3. The number of amides is 1. The monoisotopic (exact) mass is 928 g/mol. The number of aromatic hydroxyl groups is 1. The van der Waals surface area contributed by atoms with Gasteiger partial charge in [-0.05, 0) is 118 Å². The fraction of sp³-hybridized carbons (Fsp3) is 0.551. The van der Waals surface area contributed by atoms with Gasteiger partial charge in [0.1, 0.15) is 35.0 Å². The first-order valence-electron chi connectivity index (χ1n) is 22.8. The molecule has 2 aromatic carbocycles. The topological polar surface area (TPSA) is 250 Å². The highest BCUT2D eigenvalue weighted by Crippen LogP contribution is 2.56. The molecule has 9 rings (SSSR count). The fourth-order valence-corrected chi connectivity index (χ4v) is 10.9. The summed E-state index contributed by atoms with van der Waals surface area (Å²) in [5.41, 5.74) is -1.28. The van der Waals surface area contributed by atoms with Crippen LogP contribution in [0.4, 0.5) is 0 Å². The lowest BCUT2D eigenvalue weighted by molar-refractivity contribution is -0.176. The summed E-state index contributed by atoms with van der Waals surface area (Å²) >= 11 is 0. The normalized spacial score (nSPS) is 33.5. The molecule has 5 aliphatic rings. The van der Waals surface area contributed by atoms with Crippen LogP contribution in [0, 0.1) is 6.92 Å². The number of aromatic nitrogens is 1. The number of nitrogens with zero attached hydrogens (tertiary/aromatic N) is 3. The number of benzene rings is 2. The number of aliphatic carboxylic acids is 1. The number of carboxylic acid groups (broad SMARTS) is 1. The van der Waals surface area contributed by atoms with Gasteiger partial charge in [0.15, 0.2) is 16.8 Å². The SMILES string of the molecule is Cc1cc2c(c3oc(C4(C)OC4C4OC4C)cc(=O)c13)C(c1ccc(C(=O)NCCC(=O)O)n1O)c1c(O)c([C@H]3C[C@](C)(N(C)C)[C@H](O)[C@H](C)O3)cc([C@H]3C[C@H](N(C)C)[C@H](O)[C@@H](C)O3)c1C2=O. The number of hydrogen-bond donors (Lipinski definition) is 6. The summed E-state index contributed by atoms with van der Waals surface area (Å²) in [5.74, 6) is -4.00. The van der Waals surface area contributed by atoms with Crippen LogP contribution in [0.25, 0.3) is 11.0 Å². The maximum atomic E-state index is 15.7. The summed E-state index contributed by atoms with van der Waals surface area (Å²) in [7, 11) is 7.38. The Morgan fingerprint density at radius 3 is 2.25 bits per heavy atom. The van der Waals surface area contributed by atoms with Crippen molar-refractivity contribution in [1.29, 1.82) is 0 Å². The molecule has 4 fully saturated rings. The number of rotatable bonds is 11. The zero-order chi connectivity index (χ0) is 48.5. The number of carboxylic acids is 1. The molecule has 2 aromatic heterocycles. The standard InChI is InChI=1S/C49H60N4O14/c1-20-15-26-37(44-35(20)30(54)18-33(66-44)49(6)46(67-49)43-22(3)65-43)38(27-11-12-28(53(27)62)47(61)50-14-13-34(55)56)39-36(42(26)59)24(31-17-29(51(7)8)40(57)21(2)63-31)16-25(41(39)58)32-19-48(5,52(9)10)45(60)23(4)64-32/h11-12,15-16,18,21-23,29,31-32,38,40,43,45-46,57-58,60,62H,13-14,17,19H2,1-10H3,(H,50,61)(H,55,56)/t21-,22?,23+,29+,31-,32-,38?,40-,43?,45-,46?,48+,49?/m1/s1. The minimum Gasteiger partial charge on any atom is -0.507 e. The van der Waals surface area contributed by atoms with Crippen LogP contribution in [0.3, 0.4) is 0 Å².